The molecule has 0 saturated heterocycles. The molecular formula is C27H32N4O. The molecule has 1 N–H and O–H groups in total. The van der Waals surface area contributed by atoms with Gasteiger partial charge in [-0.25, -0.2) is 5.43 Å². The molecule has 1 amide bonds. The van der Waals surface area contributed by atoms with Gasteiger partial charge < -0.3 is 9.47 Å². The lowest BCUT2D eigenvalue weighted by molar-refractivity contribution is 0.0955. The molecule has 1 aliphatic rings. The number of nitrogens with one attached hydrogen (secondary N) is 1. The van der Waals surface area contributed by atoms with E-state index in [0.717, 1.165) is 29.8 Å². The van der Waals surface area contributed by atoms with Crippen molar-refractivity contribution in [2.45, 2.75) is 52.5 Å². The number of hydrogen-bond donors (Lipinski definition) is 1. The molecule has 4 rings (SSSR count). The van der Waals surface area contributed by atoms with Crippen LogP contribution in [0, 0.1) is 6.92 Å². The third-order valence-electron chi connectivity index (χ3n) is 6.49. The normalized spacial score (nSPS) is 17.4. The number of aryl methyl sites for hydroxylation is 1. The summed E-state index contributed by atoms with van der Waals surface area (Å²) in [6.07, 6.45) is 6.82. The van der Waals surface area contributed by atoms with Gasteiger partial charge in [-0.1, -0.05) is 6.92 Å². The molecule has 1 atom stereocenters. The molecule has 2 aromatic carbocycles. The van der Waals surface area contributed by atoms with E-state index in [1.165, 1.54) is 11.3 Å². The van der Waals surface area contributed by atoms with E-state index in [9.17, 15) is 4.79 Å². The topological polar surface area (TPSA) is 49.6 Å². The van der Waals surface area contributed by atoms with Crippen LogP contribution in [0.15, 0.2) is 66.0 Å². The quantitative estimate of drug-likeness (QED) is 0.421. The summed E-state index contributed by atoms with van der Waals surface area (Å²) < 4.78 is 2.00. The molecule has 1 unspecified atom stereocenters. The summed E-state index contributed by atoms with van der Waals surface area (Å²) in [6, 6.07) is 15.9. The lowest BCUT2D eigenvalue weighted by atomic mass is 9.79. The number of aromatic nitrogens is 1. The highest BCUT2D eigenvalue weighted by Gasteiger charge is 2.35. The lowest BCUT2D eigenvalue weighted by Crippen LogP contribution is -2.48. The van der Waals surface area contributed by atoms with Crippen LogP contribution in [0.4, 0.5) is 5.69 Å². The molecule has 5 heteroatoms. The van der Waals surface area contributed by atoms with Gasteiger partial charge in [0.1, 0.15) is 0 Å². The molecule has 3 aromatic rings. The summed E-state index contributed by atoms with van der Waals surface area (Å²) in [5.41, 5.74) is 9.26. The number of carbonyl (C=O) groups excluding carboxylic acids is 1. The Bertz CT molecular complexity index is 1130. The van der Waals surface area contributed by atoms with E-state index in [1.807, 2.05) is 53.4 Å². The smallest absolute Gasteiger partial charge is 0.271 e. The molecule has 2 heterocycles. The molecule has 0 saturated carbocycles. The second kappa shape index (κ2) is 8.65. The molecule has 0 spiro atoms. The van der Waals surface area contributed by atoms with E-state index in [4.69, 9.17) is 0 Å². The van der Waals surface area contributed by atoms with Gasteiger partial charge in [-0.15, -0.1) is 0 Å². The molecule has 0 aliphatic carbocycles. The number of rotatable bonds is 5. The number of amides is 1. The number of hydrazone groups is 1. The number of benzene rings is 2. The highest BCUT2D eigenvalue weighted by Crippen LogP contribution is 2.43. The first-order valence-corrected chi connectivity index (χ1v) is 11.3. The Kier molecular flexibility index (Phi) is 5.92. The molecule has 32 heavy (non-hydrogen) atoms. The van der Waals surface area contributed by atoms with Gasteiger partial charge in [0.15, 0.2) is 0 Å². The number of fused-ring (bicyclic) bond motifs is 1. The first-order chi connectivity index (χ1) is 15.3. The predicted molar refractivity (Wildman–Crippen MR) is 132 cm³/mol. The van der Waals surface area contributed by atoms with Crippen molar-refractivity contribution in [3.63, 3.8) is 0 Å². The van der Waals surface area contributed by atoms with Gasteiger partial charge in [-0.2, -0.15) is 5.10 Å². The Morgan fingerprint density at radius 1 is 1.19 bits per heavy atom. The van der Waals surface area contributed by atoms with Crippen LogP contribution in [0.3, 0.4) is 0 Å². The number of hydrogen-bond acceptors (Lipinski definition) is 3. The minimum absolute atomic E-state index is 0.147. The van der Waals surface area contributed by atoms with Crippen molar-refractivity contribution < 1.29 is 4.79 Å². The molecule has 0 bridgehead atoms. The van der Waals surface area contributed by atoms with E-state index in [1.54, 1.807) is 6.21 Å². The SMILES string of the molecule is CCN1c2cc(C)c(/C=N/NC(=O)c3ccc(-n4cccc4)cc3)cc2C(C)CC1(C)C. The number of anilines is 1. The van der Waals surface area contributed by atoms with Crippen LogP contribution in [0.1, 0.15) is 67.1 Å². The summed E-state index contributed by atoms with van der Waals surface area (Å²) in [5, 5.41) is 4.25. The molecule has 5 nitrogen and oxygen atoms in total. The second-order valence-corrected chi connectivity index (χ2v) is 9.27. The predicted octanol–water partition coefficient (Wildman–Crippen LogP) is 5.66. The van der Waals surface area contributed by atoms with Crippen molar-refractivity contribution in [3.8, 4) is 5.69 Å². The van der Waals surface area contributed by atoms with Crippen LogP contribution in [-0.2, 0) is 0 Å². The molecule has 166 valence electrons. The van der Waals surface area contributed by atoms with Gasteiger partial charge in [-0.3, -0.25) is 4.79 Å². The Hall–Kier alpha value is -3.34. The van der Waals surface area contributed by atoms with Crippen molar-refractivity contribution in [2.75, 3.05) is 11.4 Å². The zero-order chi connectivity index (χ0) is 22.9. The van der Waals surface area contributed by atoms with Crippen molar-refractivity contribution in [1.82, 2.24) is 9.99 Å². The van der Waals surface area contributed by atoms with Crippen LogP contribution >= 0.6 is 0 Å². The fraction of sp³-hybridized carbons (Fsp3) is 0.333. The minimum Gasteiger partial charge on any atom is -0.366 e. The van der Waals surface area contributed by atoms with E-state index in [-0.39, 0.29) is 11.4 Å². The Morgan fingerprint density at radius 3 is 2.53 bits per heavy atom. The van der Waals surface area contributed by atoms with Gasteiger partial charge in [0.25, 0.3) is 5.91 Å². The largest absolute Gasteiger partial charge is 0.366 e. The van der Waals surface area contributed by atoms with E-state index in [2.05, 4.69) is 62.2 Å². The van der Waals surface area contributed by atoms with Crippen molar-refractivity contribution in [1.29, 1.82) is 0 Å². The maximum atomic E-state index is 12.5. The fourth-order valence-electron chi connectivity index (χ4n) is 4.91. The summed E-state index contributed by atoms with van der Waals surface area (Å²) in [4.78, 5) is 15.0. The van der Waals surface area contributed by atoms with Crippen LogP contribution in [0.25, 0.3) is 5.69 Å². The highest BCUT2D eigenvalue weighted by atomic mass is 16.2. The molecule has 0 fully saturated rings. The Morgan fingerprint density at radius 2 is 1.88 bits per heavy atom. The molecule has 0 radical (unpaired) electrons. The van der Waals surface area contributed by atoms with Crippen LogP contribution < -0.4 is 10.3 Å². The van der Waals surface area contributed by atoms with Gasteiger partial charge in [0, 0.05) is 41.4 Å². The fourth-order valence-corrected chi connectivity index (χ4v) is 4.91. The Labute approximate surface area is 190 Å². The maximum Gasteiger partial charge on any atom is 0.271 e. The summed E-state index contributed by atoms with van der Waals surface area (Å²) in [5.74, 6) is 0.257. The zero-order valence-electron chi connectivity index (χ0n) is 19.6. The first-order valence-electron chi connectivity index (χ1n) is 11.3. The number of carbonyl (C=O) groups is 1. The van der Waals surface area contributed by atoms with E-state index < -0.39 is 0 Å². The zero-order valence-corrected chi connectivity index (χ0v) is 19.6. The van der Waals surface area contributed by atoms with Gasteiger partial charge in [0.05, 0.1) is 6.21 Å². The molecular weight excluding hydrogens is 396 g/mol. The Balaban J connectivity index is 1.49. The maximum absolute atomic E-state index is 12.5. The third-order valence-corrected chi connectivity index (χ3v) is 6.49. The minimum atomic E-state index is -0.219. The average molecular weight is 429 g/mol. The van der Waals surface area contributed by atoms with Crippen LogP contribution in [-0.4, -0.2) is 28.8 Å². The first kappa shape index (κ1) is 21.9. The van der Waals surface area contributed by atoms with E-state index in [0.29, 0.717) is 11.5 Å². The second-order valence-electron chi connectivity index (χ2n) is 9.27. The number of nitrogens with zero attached hydrogens (tertiary/aromatic N) is 3. The lowest BCUT2D eigenvalue weighted by Gasteiger charge is -2.47. The highest BCUT2D eigenvalue weighted by molar-refractivity contribution is 5.95. The van der Waals surface area contributed by atoms with E-state index >= 15 is 0 Å². The summed E-state index contributed by atoms with van der Waals surface area (Å²) in [6.45, 7) is 12.2. The van der Waals surface area contributed by atoms with Crippen LogP contribution in [0.2, 0.25) is 0 Å². The summed E-state index contributed by atoms with van der Waals surface area (Å²) >= 11 is 0. The molecule has 1 aromatic heterocycles. The van der Waals surface area contributed by atoms with Gasteiger partial charge >= 0.3 is 0 Å². The monoisotopic (exact) mass is 428 g/mol. The standard InChI is InChI=1S/C27H32N4O/c1-6-31-25-15-19(2)22(16-24(25)20(3)17-27(31,4)5)18-28-29-26(32)21-9-11-23(12-10-21)30-13-7-8-14-30/h7-16,18,20H,6,17H2,1-5H3,(H,29,32)/b28-18+. The van der Waals surface area contributed by atoms with Crippen molar-refractivity contribution >= 4 is 17.8 Å². The van der Waals surface area contributed by atoms with Crippen LogP contribution in [0.5, 0.6) is 0 Å². The molecule has 1 aliphatic heterocycles. The van der Waals surface area contributed by atoms with Crippen molar-refractivity contribution in [3.05, 3.63) is 83.2 Å². The van der Waals surface area contributed by atoms with Gasteiger partial charge in [0.2, 0.25) is 0 Å². The average Bonchev–Trinajstić information content (AvgIpc) is 3.29. The third kappa shape index (κ3) is 4.20. The van der Waals surface area contributed by atoms with Crippen molar-refractivity contribution in [2.24, 2.45) is 5.10 Å². The summed E-state index contributed by atoms with van der Waals surface area (Å²) in [7, 11) is 0. The van der Waals surface area contributed by atoms with Gasteiger partial charge in [-0.05, 0) is 105 Å².